The van der Waals surface area contributed by atoms with Gasteiger partial charge in [0.15, 0.2) is 0 Å². The first kappa shape index (κ1) is 32.0. The van der Waals surface area contributed by atoms with Crippen LogP contribution in [0.4, 0.5) is 11.5 Å². The summed E-state index contributed by atoms with van der Waals surface area (Å²) in [6.07, 6.45) is 1.93. The number of nitrogens with one attached hydrogen (secondary N) is 2. The SMILES string of the molecule is CC(Nc1ccccn1)C(=O)O.CC(Nc1csc2ccccc12)C(=O)O.NC(Cc1ccc(Cl)cc1)C(=O)O. The molecule has 7 N–H and O–H groups in total. The summed E-state index contributed by atoms with van der Waals surface area (Å²) in [6, 6.07) is 18.2. The number of hydrogen-bond donors (Lipinski definition) is 6. The Morgan fingerprint density at radius 3 is 2.05 bits per heavy atom. The van der Waals surface area contributed by atoms with Gasteiger partial charge in [-0.1, -0.05) is 48.0 Å². The van der Waals surface area contributed by atoms with Gasteiger partial charge in [-0.25, -0.2) is 4.98 Å². The maximum absolute atomic E-state index is 10.7. The number of carboxylic acid groups (broad SMARTS) is 3. The minimum Gasteiger partial charge on any atom is -0.480 e. The Morgan fingerprint density at radius 1 is 0.875 bits per heavy atom. The van der Waals surface area contributed by atoms with Crippen LogP contribution in [0.15, 0.2) is 78.3 Å². The predicted octanol–water partition coefficient (Wildman–Crippen LogP) is 5.05. The number of carbonyl (C=O) groups is 3. The summed E-state index contributed by atoms with van der Waals surface area (Å²) < 4.78 is 1.16. The summed E-state index contributed by atoms with van der Waals surface area (Å²) in [7, 11) is 0. The highest BCUT2D eigenvalue weighted by molar-refractivity contribution is 7.17. The lowest BCUT2D eigenvalue weighted by molar-refractivity contribution is -0.139. The van der Waals surface area contributed by atoms with Crippen LogP contribution in [-0.2, 0) is 20.8 Å². The number of benzene rings is 2. The van der Waals surface area contributed by atoms with E-state index in [4.69, 9.17) is 32.7 Å². The zero-order chi connectivity index (χ0) is 29.7. The molecule has 0 saturated carbocycles. The van der Waals surface area contributed by atoms with E-state index in [9.17, 15) is 14.4 Å². The van der Waals surface area contributed by atoms with E-state index in [1.54, 1.807) is 73.8 Å². The number of rotatable bonds is 9. The van der Waals surface area contributed by atoms with Crippen LogP contribution < -0.4 is 16.4 Å². The molecule has 0 radical (unpaired) electrons. The number of aromatic nitrogens is 1. The lowest BCUT2D eigenvalue weighted by Crippen LogP contribution is -2.32. The normalized spacial score (nSPS) is 12.4. The molecule has 4 rings (SSSR count). The highest BCUT2D eigenvalue weighted by Gasteiger charge is 2.13. The van der Waals surface area contributed by atoms with Gasteiger partial charge in [0.2, 0.25) is 0 Å². The molecule has 10 nitrogen and oxygen atoms in total. The summed E-state index contributed by atoms with van der Waals surface area (Å²) >= 11 is 7.28. The lowest BCUT2D eigenvalue weighted by atomic mass is 10.1. The topological polar surface area (TPSA) is 175 Å². The Hall–Kier alpha value is -4.19. The van der Waals surface area contributed by atoms with Gasteiger partial charge in [-0.05, 0) is 56.2 Å². The minimum atomic E-state index is -0.991. The van der Waals surface area contributed by atoms with Gasteiger partial charge in [0, 0.05) is 26.7 Å². The predicted molar refractivity (Wildman–Crippen MR) is 158 cm³/mol. The second kappa shape index (κ2) is 16.0. The van der Waals surface area contributed by atoms with Gasteiger partial charge < -0.3 is 31.7 Å². The summed E-state index contributed by atoms with van der Waals surface area (Å²) in [5.41, 5.74) is 7.12. The summed E-state index contributed by atoms with van der Waals surface area (Å²) in [4.78, 5) is 35.5. The van der Waals surface area contributed by atoms with Crippen LogP contribution >= 0.6 is 22.9 Å². The summed E-state index contributed by atoms with van der Waals surface area (Å²) in [6.45, 7) is 3.20. The number of hydrogen-bond acceptors (Lipinski definition) is 8. The minimum absolute atomic E-state index is 0.326. The van der Waals surface area contributed by atoms with Crippen LogP contribution in [0.5, 0.6) is 0 Å². The molecular formula is C28H31ClN4O6S. The first-order valence-electron chi connectivity index (χ1n) is 12.1. The molecular weight excluding hydrogens is 556 g/mol. The molecule has 12 heteroatoms. The average Bonchev–Trinajstić information content (AvgIpc) is 3.33. The van der Waals surface area contributed by atoms with Gasteiger partial charge in [-0.3, -0.25) is 14.4 Å². The number of halogens is 1. The largest absolute Gasteiger partial charge is 0.480 e. The van der Waals surface area contributed by atoms with Crippen molar-refractivity contribution in [3.05, 3.63) is 88.9 Å². The van der Waals surface area contributed by atoms with Gasteiger partial charge in [0.05, 0.1) is 5.69 Å². The first-order valence-corrected chi connectivity index (χ1v) is 13.3. The van der Waals surface area contributed by atoms with Crippen LogP contribution in [-0.4, -0.2) is 56.3 Å². The maximum atomic E-state index is 10.7. The van der Waals surface area contributed by atoms with Crippen LogP contribution in [0.25, 0.3) is 10.1 Å². The van der Waals surface area contributed by atoms with Crippen molar-refractivity contribution in [1.82, 2.24) is 4.98 Å². The molecule has 0 bridgehead atoms. The van der Waals surface area contributed by atoms with E-state index in [2.05, 4.69) is 15.6 Å². The van der Waals surface area contributed by atoms with Crippen LogP contribution in [0.3, 0.4) is 0 Å². The molecule has 2 heterocycles. The summed E-state index contributed by atoms with van der Waals surface area (Å²) in [5.74, 6) is -2.15. The van der Waals surface area contributed by atoms with Crippen molar-refractivity contribution in [1.29, 1.82) is 0 Å². The molecule has 0 saturated heterocycles. The molecule has 2 aromatic heterocycles. The van der Waals surface area contributed by atoms with Crippen molar-refractivity contribution in [3.8, 4) is 0 Å². The Morgan fingerprint density at radius 2 is 1.48 bits per heavy atom. The maximum Gasteiger partial charge on any atom is 0.325 e. The highest BCUT2D eigenvalue weighted by Crippen LogP contribution is 2.30. The average molecular weight is 587 g/mol. The standard InChI is InChI=1S/C11H11NO2S.C9H10ClNO2.C8H10N2O2/c1-7(11(13)14)12-9-6-15-10-5-3-2-4-8(9)10;10-7-3-1-6(2-4-7)5-8(11)9(12)13;1-6(8(11)12)10-7-4-2-3-5-9-7/h2-7,12H,1H3,(H,13,14);1-4,8H,5,11H2,(H,12,13);2-6H,1H3,(H,9,10)(H,11,12). The Bertz CT molecular complexity index is 1380. The third-order valence-corrected chi connectivity index (χ3v) is 6.52. The van der Waals surface area contributed by atoms with E-state index in [1.165, 1.54) is 0 Å². The second-order valence-corrected chi connectivity index (χ2v) is 9.89. The van der Waals surface area contributed by atoms with Crippen molar-refractivity contribution >= 4 is 62.4 Å². The van der Waals surface area contributed by atoms with E-state index in [-0.39, 0.29) is 0 Å². The number of nitrogens with two attached hydrogens (primary N) is 1. The van der Waals surface area contributed by atoms with E-state index in [0.29, 0.717) is 17.3 Å². The van der Waals surface area contributed by atoms with Crippen LogP contribution in [0.1, 0.15) is 19.4 Å². The van der Waals surface area contributed by atoms with Crippen molar-refractivity contribution in [2.75, 3.05) is 10.6 Å². The van der Waals surface area contributed by atoms with Gasteiger partial charge in [-0.15, -0.1) is 11.3 Å². The van der Waals surface area contributed by atoms with Crippen LogP contribution in [0, 0.1) is 0 Å². The fourth-order valence-electron chi connectivity index (χ4n) is 3.08. The molecule has 0 aliphatic rings. The van der Waals surface area contributed by atoms with Gasteiger partial charge in [0.25, 0.3) is 0 Å². The third-order valence-electron chi connectivity index (χ3n) is 5.31. The molecule has 0 amide bonds. The van der Waals surface area contributed by atoms with Crippen molar-refractivity contribution in [3.63, 3.8) is 0 Å². The molecule has 0 aliphatic heterocycles. The molecule has 212 valence electrons. The Balaban J connectivity index is 0.000000212. The van der Waals surface area contributed by atoms with E-state index in [0.717, 1.165) is 21.3 Å². The van der Waals surface area contributed by atoms with Gasteiger partial charge in [0.1, 0.15) is 23.9 Å². The van der Waals surface area contributed by atoms with E-state index < -0.39 is 36.0 Å². The number of fused-ring (bicyclic) bond motifs is 1. The molecule has 4 aromatic rings. The number of anilines is 2. The number of thiophene rings is 1. The monoisotopic (exact) mass is 586 g/mol. The van der Waals surface area contributed by atoms with E-state index in [1.807, 2.05) is 29.6 Å². The molecule has 2 aromatic carbocycles. The third kappa shape index (κ3) is 10.9. The van der Waals surface area contributed by atoms with Crippen molar-refractivity contribution in [2.45, 2.75) is 38.4 Å². The zero-order valence-corrected chi connectivity index (χ0v) is 23.4. The smallest absolute Gasteiger partial charge is 0.325 e. The fraction of sp³-hybridized carbons (Fsp3) is 0.214. The molecule has 40 heavy (non-hydrogen) atoms. The second-order valence-electron chi connectivity index (χ2n) is 8.54. The summed E-state index contributed by atoms with van der Waals surface area (Å²) in [5, 5.41) is 35.3. The zero-order valence-electron chi connectivity index (χ0n) is 21.8. The van der Waals surface area contributed by atoms with Crippen molar-refractivity contribution in [2.24, 2.45) is 5.73 Å². The highest BCUT2D eigenvalue weighted by atomic mass is 35.5. The number of nitrogens with zero attached hydrogens (tertiary/aromatic N) is 1. The molecule has 3 atom stereocenters. The molecule has 0 spiro atoms. The Kier molecular flexibility index (Phi) is 12.8. The van der Waals surface area contributed by atoms with Gasteiger partial charge in [-0.2, -0.15) is 0 Å². The molecule has 3 unspecified atom stereocenters. The number of pyridine rings is 1. The molecule has 0 aliphatic carbocycles. The Labute approximate surface area is 240 Å². The van der Waals surface area contributed by atoms with Crippen molar-refractivity contribution < 1.29 is 29.7 Å². The fourth-order valence-corrected chi connectivity index (χ4v) is 4.11. The molecule has 0 fully saturated rings. The lowest BCUT2D eigenvalue weighted by Gasteiger charge is -2.09. The number of aliphatic carboxylic acids is 3. The van der Waals surface area contributed by atoms with Gasteiger partial charge >= 0.3 is 17.9 Å². The van der Waals surface area contributed by atoms with E-state index >= 15 is 0 Å². The quantitative estimate of drug-likeness (QED) is 0.156. The first-order chi connectivity index (χ1) is 19.0. The number of carboxylic acids is 3. The van der Waals surface area contributed by atoms with Crippen LogP contribution in [0.2, 0.25) is 5.02 Å².